The van der Waals surface area contributed by atoms with Gasteiger partial charge in [-0.25, -0.2) is 0 Å². The van der Waals surface area contributed by atoms with Crippen LogP contribution in [0.1, 0.15) is 130 Å². The highest BCUT2D eigenvalue weighted by Gasteiger charge is 2.08. The Kier molecular flexibility index (Phi) is 24.8. The smallest absolute Gasteiger partial charge is 0.0383 e. The van der Waals surface area contributed by atoms with Gasteiger partial charge in [0.15, 0.2) is 0 Å². The number of rotatable bonds is 15. The molecule has 0 bridgehead atoms. The van der Waals surface area contributed by atoms with E-state index in [2.05, 4.69) is 27.7 Å². The van der Waals surface area contributed by atoms with Gasteiger partial charge in [-0.15, -0.1) is 12.4 Å². The fourth-order valence-electron chi connectivity index (χ4n) is 3.03. The molecule has 3 N–H and O–H groups in total. The zero-order chi connectivity index (χ0) is 15.8. The first-order valence-electron chi connectivity index (χ1n) is 10.1. The van der Waals surface area contributed by atoms with Crippen molar-refractivity contribution in [3.63, 3.8) is 0 Å². The van der Waals surface area contributed by atoms with E-state index in [-0.39, 0.29) is 18.6 Å². The molecule has 0 radical (unpaired) electrons. The summed E-state index contributed by atoms with van der Waals surface area (Å²) in [5.74, 6) is 0. The molecular formula is C21H48ClN. The van der Waals surface area contributed by atoms with Gasteiger partial charge in [-0.3, -0.25) is 0 Å². The van der Waals surface area contributed by atoms with E-state index in [0.29, 0.717) is 5.41 Å². The molecule has 0 fully saturated rings. The molecule has 0 saturated carbocycles. The van der Waals surface area contributed by atoms with Gasteiger partial charge in [-0.1, -0.05) is 124 Å². The first kappa shape index (κ1) is 28.1. The van der Waals surface area contributed by atoms with Crippen LogP contribution < -0.4 is 6.15 Å². The molecule has 2 heteroatoms. The van der Waals surface area contributed by atoms with Gasteiger partial charge in [-0.2, -0.15) is 0 Å². The van der Waals surface area contributed by atoms with Crippen LogP contribution in [0.15, 0.2) is 0 Å². The van der Waals surface area contributed by atoms with Gasteiger partial charge in [0, 0.05) is 0 Å². The lowest BCUT2D eigenvalue weighted by Gasteiger charge is -2.17. The molecule has 0 heterocycles. The van der Waals surface area contributed by atoms with E-state index < -0.39 is 0 Å². The van der Waals surface area contributed by atoms with E-state index >= 15 is 0 Å². The van der Waals surface area contributed by atoms with E-state index in [0.717, 1.165) is 0 Å². The van der Waals surface area contributed by atoms with Crippen LogP contribution in [0.5, 0.6) is 0 Å². The molecule has 0 aromatic carbocycles. The molecule has 0 spiro atoms. The maximum Gasteiger partial charge on any atom is -0.0383 e. The number of halogens is 1. The van der Waals surface area contributed by atoms with Crippen LogP contribution in [-0.2, 0) is 0 Å². The van der Waals surface area contributed by atoms with Crippen LogP contribution in [-0.4, -0.2) is 0 Å². The molecule has 0 atom stereocenters. The van der Waals surface area contributed by atoms with Gasteiger partial charge in [0.1, 0.15) is 0 Å². The van der Waals surface area contributed by atoms with Gasteiger partial charge < -0.3 is 6.15 Å². The lowest BCUT2D eigenvalue weighted by Crippen LogP contribution is -2.03. The van der Waals surface area contributed by atoms with Crippen LogP contribution >= 0.6 is 12.4 Å². The maximum atomic E-state index is 2.36. The van der Waals surface area contributed by atoms with Crippen molar-refractivity contribution in [2.24, 2.45) is 5.41 Å². The Morgan fingerprint density at radius 3 is 1.00 bits per heavy atom. The summed E-state index contributed by atoms with van der Waals surface area (Å²) >= 11 is 0. The molecule has 0 aliphatic carbocycles. The minimum absolute atomic E-state index is 0. The summed E-state index contributed by atoms with van der Waals surface area (Å²) in [5.41, 5.74) is 0.538. The molecule has 0 rings (SSSR count). The van der Waals surface area contributed by atoms with E-state index in [1.165, 1.54) is 103 Å². The maximum absolute atomic E-state index is 2.36. The highest BCUT2D eigenvalue weighted by Crippen LogP contribution is 2.22. The topological polar surface area (TPSA) is 35.0 Å². The normalized spacial score (nSPS) is 11.0. The van der Waals surface area contributed by atoms with Crippen LogP contribution in [0.25, 0.3) is 0 Å². The second-order valence-corrected chi connectivity index (χ2v) is 8.26. The lowest BCUT2D eigenvalue weighted by atomic mass is 9.89. The highest BCUT2D eigenvalue weighted by molar-refractivity contribution is 5.85. The Morgan fingerprint density at radius 2 is 0.739 bits per heavy atom. The zero-order valence-electron chi connectivity index (χ0n) is 16.9. The first-order chi connectivity index (χ1) is 10.1. The van der Waals surface area contributed by atoms with E-state index in [4.69, 9.17) is 0 Å². The lowest BCUT2D eigenvalue weighted by molar-refractivity contribution is 0.356. The average Bonchev–Trinajstić information content (AvgIpc) is 2.42. The molecule has 0 saturated heterocycles. The number of hydrogen-bond acceptors (Lipinski definition) is 1. The van der Waals surface area contributed by atoms with Crippen molar-refractivity contribution in [3.8, 4) is 0 Å². The Labute approximate surface area is 154 Å². The summed E-state index contributed by atoms with van der Waals surface area (Å²) in [5, 5.41) is 0. The van der Waals surface area contributed by atoms with Crippen molar-refractivity contribution in [2.75, 3.05) is 0 Å². The van der Waals surface area contributed by atoms with Crippen LogP contribution in [0.3, 0.4) is 0 Å². The average molecular weight is 350 g/mol. The third-order valence-electron chi connectivity index (χ3n) is 4.53. The fraction of sp³-hybridized carbons (Fsp3) is 1.00. The first-order valence-corrected chi connectivity index (χ1v) is 10.1. The molecule has 0 aromatic rings. The van der Waals surface area contributed by atoms with Crippen molar-refractivity contribution in [3.05, 3.63) is 0 Å². The number of unbranched alkanes of at least 4 members (excludes halogenated alkanes) is 14. The van der Waals surface area contributed by atoms with Crippen molar-refractivity contribution in [2.45, 2.75) is 130 Å². The SMILES string of the molecule is CCCCCCCCCCCCCCCCCC(C)(C)C.Cl.N. The summed E-state index contributed by atoms with van der Waals surface area (Å²) in [4.78, 5) is 0. The quantitative estimate of drug-likeness (QED) is 0.294. The van der Waals surface area contributed by atoms with E-state index in [1.54, 1.807) is 0 Å². The minimum Gasteiger partial charge on any atom is -0.344 e. The van der Waals surface area contributed by atoms with Gasteiger partial charge in [0.2, 0.25) is 0 Å². The summed E-state index contributed by atoms with van der Waals surface area (Å²) in [7, 11) is 0. The molecule has 0 amide bonds. The molecule has 1 nitrogen and oxygen atoms in total. The molecule has 0 aliphatic rings. The Hall–Kier alpha value is 0.250. The minimum atomic E-state index is 0. The summed E-state index contributed by atoms with van der Waals surface area (Å²) in [6, 6.07) is 0. The van der Waals surface area contributed by atoms with Gasteiger partial charge >= 0.3 is 0 Å². The highest BCUT2D eigenvalue weighted by atomic mass is 35.5. The van der Waals surface area contributed by atoms with Crippen LogP contribution in [0, 0.1) is 5.41 Å². The second-order valence-electron chi connectivity index (χ2n) is 8.26. The van der Waals surface area contributed by atoms with E-state index in [9.17, 15) is 0 Å². The van der Waals surface area contributed by atoms with Gasteiger partial charge in [0.05, 0.1) is 0 Å². The third kappa shape index (κ3) is 27.4. The Morgan fingerprint density at radius 1 is 0.478 bits per heavy atom. The summed E-state index contributed by atoms with van der Waals surface area (Å²) in [6.45, 7) is 9.37. The largest absolute Gasteiger partial charge is 0.344 e. The predicted molar refractivity (Wildman–Crippen MR) is 111 cm³/mol. The third-order valence-corrected chi connectivity index (χ3v) is 4.53. The monoisotopic (exact) mass is 349 g/mol. The van der Waals surface area contributed by atoms with Crippen molar-refractivity contribution >= 4 is 12.4 Å². The molecule has 23 heavy (non-hydrogen) atoms. The standard InChI is InChI=1S/C21H44.ClH.H3N/c1-5-6-7-8-9-10-11-12-13-14-15-16-17-18-19-20-21(2,3)4;;/h5-20H2,1-4H3;1H;1H3. The number of hydrogen-bond donors (Lipinski definition) is 1. The molecular weight excluding hydrogens is 302 g/mol. The summed E-state index contributed by atoms with van der Waals surface area (Å²) < 4.78 is 0. The van der Waals surface area contributed by atoms with Crippen molar-refractivity contribution in [1.29, 1.82) is 0 Å². The van der Waals surface area contributed by atoms with Crippen molar-refractivity contribution < 1.29 is 0 Å². The predicted octanol–water partition coefficient (Wildman–Crippen LogP) is 8.88. The Balaban J connectivity index is -0.00000200. The molecule has 0 aliphatic heterocycles. The second kappa shape index (κ2) is 20.3. The molecule has 144 valence electrons. The Bertz CT molecular complexity index is 199. The molecule has 0 aromatic heterocycles. The van der Waals surface area contributed by atoms with Crippen molar-refractivity contribution in [1.82, 2.24) is 6.15 Å². The zero-order valence-corrected chi connectivity index (χ0v) is 17.7. The van der Waals surface area contributed by atoms with Gasteiger partial charge in [0.25, 0.3) is 0 Å². The summed E-state index contributed by atoms with van der Waals surface area (Å²) in [6.07, 6.45) is 23.3. The van der Waals surface area contributed by atoms with Gasteiger partial charge in [-0.05, 0) is 11.8 Å². The van der Waals surface area contributed by atoms with Crippen LogP contribution in [0.4, 0.5) is 0 Å². The van der Waals surface area contributed by atoms with E-state index in [1.807, 2.05) is 0 Å². The molecule has 0 unspecified atom stereocenters. The fourth-order valence-corrected chi connectivity index (χ4v) is 3.03. The van der Waals surface area contributed by atoms with Crippen LogP contribution in [0.2, 0.25) is 0 Å².